The predicted octanol–water partition coefficient (Wildman–Crippen LogP) is 20.6. The van der Waals surface area contributed by atoms with E-state index >= 15 is 0 Å². The molecule has 0 spiro atoms. The molecule has 2 unspecified atom stereocenters. The molecule has 0 aliphatic heterocycles. The Morgan fingerprint density at radius 2 is 0.703 bits per heavy atom. The molecule has 0 aromatic rings. The fraction of sp³-hybridized carbons (Fsp3) is 0.906. The Labute approximate surface area is 459 Å². The summed E-state index contributed by atoms with van der Waals surface area (Å²) >= 11 is 0. The Hall–Kier alpha value is -1.51. The zero-order valence-corrected chi connectivity index (χ0v) is 50.0. The summed E-state index contributed by atoms with van der Waals surface area (Å²) in [4.78, 5) is 35.2. The van der Waals surface area contributed by atoms with E-state index < -0.39 is 26.5 Å². The van der Waals surface area contributed by atoms with Crippen LogP contribution in [-0.4, -0.2) is 49.3 Å². The molecule has 74 heavy (non-hydrogen) atoms. The minimum Gasteiger partial charge on any atom is -0.462 e. The van der Waals surface area contributed by atoms with Crippen LogP contribution in [0.15, 0.2) is 24.3 Å². The lowest BCUT2D eigenvalue weighted by Gasteiger charge is -2.19. The van der Waals surface area contributed by atoms with Gasteiger partial charge in [0.15, 0.2) is 6.10 Å². The van der Waals surface area contributed by atoms with E-state index in [1.807, 2.05) is 0 Å². The maximum Gasteiger partial charge on any atom is 0.472 e. The number of phosphoric ester groups is 1. The number of carbonyl (C=O) groups excluding carboxylic acids is 2. The van der Waals surface area contributed by atoms with Gasteiger partial charge in [0.1, 0.15) is 6.61 Å². The number of ether oxygens (including phenoxy) is 2. The first kappa shape index (κ1) is 72.5. The minimum absolute atomic E-state index is 0.0571. The van der Waals surface area contributed by atoms with Crippen molar-refractivity contribution in [2.75, 3.05) is 26.4 Å². The number of nitrogens with two attached hydrogens (primary N) is 1. The maximum atomic E-state index is 12.7. The van der Waals surface area contributed by atoms with E-state index in [0.717, 1.165) is 38.5 Å². The van der Waals surface area contributed by atoms with E-state index in [0.29, 0.717) is 6.42 Å². The standard InChI is InChI=1S/C64H124NO8P/c1-3-5-7-9-11-13-15-17-19-21-23-25-26-27-28-29-30-31-32-33-34-35-36-37-39-41-43-45-47-49-51-53-55-57-64(67)73-62(61-72-74(68,69)71-59-58-65)60-70-63(66)56-54-52-50-48-46-44-42-40-38-24-22-20-18-16-14-12-10-8-6-4-2/h15,17,21,23,62H,3-14,16,18-20,22,24-61,65H2,1-2H3,(H,68,69)/b17-15-,23-21-. The lowest BCUT2D eigenvalue weighted by atomic mass is 10.0. The molecule has 0 aromatic heterocycles. The predicted molar refractivity (Wildman–Crippen MR) is 317 cm³/mol. The van der Waals surface area contributed by atoms with Crippen LogP contribution in [-0.2, 0) is 32.7 Å². The molecule has 0 aromatic carbocycles. The molecule has 0 bridgehead atoms. The summed E-state index contributed by atoms with van der Waals surface area (Å²) < 4.78 is 33.1. The van der Waals surface area contributed by atoms with E-state index in [-0.39, 0.29) is 38.6 Å². The molecular weight excluding hydrogens is 942 g/mol. The van der Waals surface area contributed by atoms with E-state index in [1.54, 1.807) is 0 Å². The summed E-state index contributed by atoms with van der Waals surface area (Å²) in [5.41, 5.74) is 5.39. The second-order valence-electron chi connectivity index (χ2n) is 22.0. The van der Waals surface area contributed by atoms with Gasteiger partial charge in [-0.15, -0.1) is 0 Å². The highest BCUT2D eigenvalue weighted by atomic mass is 31.2. The summed E-state index contributed by atoms with van der Waals surface area (Å²) in [6.45, 7) is 3.81. The number of unbranched alkanes of at least 4 members (excludes halogenated alkanes) is 45. The molecule has 9 nitrogen and oxygen atoms in total. The first-order valence-electron chi connectivity index (χ1n) is 32.3. The minimum atomic E-state index is -4.38. The van der Waals surface area contributed by atoms with Crippen molar-refractivity contribution in [3.8, 4) is 0 Å². The quantitative estimate of drug-likeness (QED) is 0.0264. The SMILES string of the molecule is CCCCCCC/C=C\C/C=C\CCCCCCCCCCCCCCCCCCCCCCCC(=O)OC(COC(=O)CCCCCCCCCCCCCCCCCCCCCC)COP(=O)(O)OCCN. The lowest BCUT2D eigenvalue weighted by molar-refractivity contribution is -0.161. The third kappa shape index (κ3) is 59.7. The monoisotopic (exact) mass is 1070 g/mol. The van der Waals surface area contributed by atoms with Gasteiger partial charge in [0, 0.05) is 19.4 Å². The van der Waals surface area contributed by atoms with Gasteiger partial charge in [-0.2, -0.15) is 0 Å². The molecule has 0 heterocycles. The van der Waals surface area contributed by atoms with Crippen molar-refractivity contribution in [2.24, 2.45) is 5.73 Å². The van der Waals surface area contributed by atoms with Gasteiger partial charge in [-0.05, 0) is 44.9 Å². The van der Waals surface area contributed by atoms with Gasteiger partial charge >= 0.3 is 19.8 Å². The van der Waals surface area contributed by atoms with Crippen LogP contribution in [0.5, 0.6) is 0 Å². The van der Waals surface area contributed by atoms with Gasteiger partial charge < -0.3 is 20.1 Å². The van der Waals surface area contributed by atoms with Crippen LogP contribution in [0.1, 0.15) is 341 Å². The Morgan fingerprint density at radius 3 is 1.03 bits per heavy atom. The Kier molecular flexibility index (Phi) is 59.5. The molecule has 438 valence electrons. The Bertz CT molecular complexity index is 1260. The van der Waals surface area contributed by atoms with E-state index in [4.69, 9.17) is 24.3 Å². The zero-order chi connectivity index (χ0) is 53.8. The van der Waals surface area contributed by atoms with Gasteiger partial charge in [-0.3, -0.25) is 18.6 Å². The largest absolute Gasteiger partial charge is 0.472 e. The molecule has 0 rings (SSSR count). The number of rotatable bonds is 62. The molecule has 0 amide bonds. The van der Waals surface area contributed by atoms with Crippen LogP contribution < -0.4 is 5.73 Å². The second-order valence-corrected chi connectivity index (χ2v) is 23.4. The number of hydrogen-bond acceptors (Lipinski definition) is 8. The third-order valence-corrected chi connectivity index (χ3v) is 15.6. The Balaban J connectivity index is 3.83. The van der Waals surface area contributed by atoms with Crippen molar-refractivity contribution in [3.63, 3.8) is 0 Å². The van der Waals surface area contributed by atoms with Gasteiger partial charge in [-0.1, -0.05) is 308 Å². The van der Waals surface area contributed by atoms with E-state index in [2.05, 4.69) is 38.2 Å². The number of carbonyl (C=O) groups is 2. The molecule has 0 aliphatic carbocycles. The van der Waals surface area contributed by atoms with Gasteiger partial charge in [0.25, 0.3) is 0 Å². The number of phosphoric acid groups is 1. The van der Waals surface area contributed by atoms with E-state index in [9.17, 15) is 19.0 Å². The second kappa shape index (κ2) is 60.7. The van der Waals surface area contributed by atoms with Crippen molar-refractivity contribution in [1.82, 2.24) is 0 Å². The molecule has 10 heteroatoms. The molecule has 3 N–H and O–H groups in total. The molecule has 2 atom stereocenters. The smallest absolute Gasteiger partial charge is 0.462 e. The fourth-order valence-corrected chi connectivity index (χ4v) is 10.6. The molecular formula is C64H124NO8P. The normalized spacial score (nSPS) is 13.1. The maximum absolute atomic E-state index is 12.7. The van der Waals surface area contributed by atoms with Crippen LogP contribution in [0.25, 0.3) is 0 Å². The van der Waals surface area contributed by atoms with Gasteiger partial charge in [-0.25, -0.2) is 4.57 Å². The van der Waals surface area contributed by atoms with Crippen molar-refractivity contribution >= 4 is 19.8 Å². The highest BCUT2D eigenvalue weighted by molar-refractivity contribution is 7.47. The molecule has 0 aliphatic rings. The average Bonchev–Trinajstić information content (AvgIpc) is 3.39. The highest BCUT2D eigenvalue weighted by Crippen LogP contribution is 2.43. The number of esters is 2. The van der Waals surface area contributed by atoms with Crippen LogP contribution in [0, 0.1) is 0 Å². The summed E-state index contributed by atoms with van der Waals surface area (Å²) in [7, 11) is -4.38. The molecule has 0 radical (unpaired) electrons. The van der Waals surface area contributed by atoms with Gasteiger partial charge in [0.2, 0.25) is 0 Å². The molecule has 0 saturated heterocycles. The summed E-state index contributed by atoms with van der Waals surface area (Å²) in [6.07, 6.45) is 72.6. The van der Waals surface area contributed by atoms with Crippen molar-refractivity contribution in [1.29, 1.82) is 0 Å². The summed E-state index contributed by atoms with van der Waals surface area (Å²) in [5.74, 6) is -0.804. The van der Waals surface area contributed by atoms with Crippen LogP contribution in [0.3, 0.4) is 0 Å². The summed E-state index contributed by atoms with van der Waals surface area (Å²) in [5, 5.41) is 0. The Morgan fingerprint density at radius 1 is 0.405 bits per heavy atom. The number of hydrogen-bond donors (Lipinski definition) is 2. The highest BCUT2D eigenvalue weighted by Gasteiger charge is 2.26. The van der Waals surface area contributed by atoms with E-state index in [1.165, 1.54) is 270 Å². The average molecular weight is 1070 g/mol. The first-order chi connectivity index (χ1) is 36.3. The third-order valence-electron chi connectivity index (χ3n) is 14.6. The zero-order valence-electron chi connectivity index (χ0n) is 49.1. The lowest BCUT2D eigenvalue weighted by Crippen LogP contribution is -2.29. The van der Waals surface area contributed by atoms with Crippen molar-refractivity contribution in [3.05, 3.63) is 24.3 Å². The summed E-state index contributed by atoms with van der Waals surface area (Å²) in [6, 6.07) is 0. The van der Waals surface area contributed by atoms with Crippen LogP contribution >= 0.6 is 7.82 Å². The van der Waals surface area contributed by atoms with Crippen molar-refractivity contribution in [2.45, 2.75) is 347 Å². The van der Waals surface area contributed by atoms with Crippen LogP contribution in [0.4, 0.5) is 0 Å². The van der Waals surface area contributed by atoms with Gasteiger partial charge in [0.05, 0.1) is 13.2 Å². The first-order valence-corrected chi connectivity index (χ1v) is 33.8. The topological polar surface area (TPSA) is 134 Å². The van der Waals surface area contributed by atoms with Crippen molar-refractivity contribution < 1.29 is 37.6 Å². The molecule has 0 fully saturated rings. The number of allylic oxidation sites excluding steroid dienone is 4. The fourth-order valence-electron chi connectivity index (χ4n) is 9.79. The van der Waals surface area contributed by atoms with Crippen LogP contribution in [0.2, 0.25) is 0 Å². The molecule has 0 saturated carbocycles.